The molecule has 0 radical (unpaired) electrons. The molecule has 0 aliphatic rings. The molecular formula is C24H18N4S. The summed E-state index contributed by atoms with van der Waals surface area (Å²) >= 11 is 1.47. The Hall–Kier alpha value is -3.70. The van der Waals surface area contributed by atoms with Crippen LogP contribution in [0.5, 0.6) is 0 Å². The molecule has 5 heteroatoms. The lowest BCUT2D eigenvalue weighted by Gasteiger charge is -2.26. The molecule has 0 saturated carbocycles. The molecule has 5 aromatic rings. The van der Waals surface area contributed by atoms with Gasteiger partial charge < -0.3 is 4.90 Å². The third-order valence-corrected chi connectivity index (χ3v) is 5.27. The molecule has 0 aliphatic heterocycles. The van der Waals surface area contributed by atoms with E-state index in [1.54, 1.807) is 6.20 Å². The average Bonchev–Trinajstić information content (AvgIpc) is 3.50. The molecule has 29 heavy (non-hydrogen) atoms. The van der Waals surface area contributed by atoms with Crippen molar-refractivity contribution in [2.75, 3.05) is 4.90 Å². The molecule has 0 unspecified atom stereocenters. The standard InChI is InChI=1S/C24H18N4S/c1-2-8-20(9-3-1)28(22-11-4-7-19(17-22)24-13-16-29-26-24)23-12-5-10-21(18-23)27-15-6-14-25-27/h1-18H. The highest BCUT2D eigenvalue weighted by atomic mass is 32.1. The van der Waals surface area contributed by atoms with E-state index in [-0.39, 0.29) is 0 Å². The fraction of sp³-hybridized carbons (Fsp3) is 0. The quantitative estimate of drug-likeness (QED) is 0.343. The molecule has 140 valence electrons. The van der Waals surface area contributed by atoms with Crippen molar-refractivity contribution >= 4 is 28.6 Å². The maximum Gasteiger partial charge on any atom is 0.0841 e. The number of hydrogen-bond acceptors (Lipinski definition) is 4. The minimum Gasteiger partial charge on any atom is -0.310 e. The van der Waals surface area contributed by atoms with E-state index in [4.69, 9.17) is 0 Å². The summed E-state index contributed by atoms with van der Waals surface area (Å²) in [5.41, 5.74) is 6.37. The Kier molecular flexibility index (Phi) is 4.64. The van der Waals surface area contributed by atoms with E-state index >= 15 is 0 Å². The topological polar surface area (TPSA) is 34.0 Å². The normalized spacial score (nSPS) is 10.8. The maximum absolute atomic E-state index is 4.49. The minimum atomic E-state index is 0.996. The Morgan fingerprint density at radius 3 is 2.28 bits per heavy atom. The van der Waals surface area contributed by atoms with Crippen LogP contribution in [0.25, 0.3) is 16.9 Å². The van der Waals surface area contributed by atoms with Gasteiger partial charge in [-0.15, -0.1) is 0 Å². The second kappa shape index (κ2) is 7.73. The van der Waals surface area contributed by atoms with Crippen LogP contribution in [0.4, 0.5) is 17.1 Å². The smallest absolute Gasteiger partial charge is 0.0841 e. The molecule has 0 aliphatic carbocycles. The molecular weight excluding hydrogens is 376 g/mol. The van der Waals surface area contributed by atoms with E-state index in [1.165, 1.54) is 11.5 Å². The zero-order valence-electron chi connectivity index (χ0n) is 15.6. The van der Waals surface area contributed by atoms with Gasteiger partial charge in [0.2, 0.25) is 0 Å². The van der Waals surface area contributed by atoms with Crippen LogP contribution in [0.2, 0.25) is 0 Å². The summed E-state index contributed by atoms with van der Waals surface area (Å²) in [4.78, 5) is 2.25. The van der Waals surface area contributed by atoms with Crippen molar-refractivity contribution in [3.8, 4) is 16.9 Å². The van der Waals surface area contributed by atoms with E-state index in [1.807, 2.05) is 28.4 Å². The van der Waals surface area contributed by atoms with E-state index in [9.17, 15) is 0 Å². The van der Waals surface area contributed by atoms with E-state index in [0.717, 1.165) is 34.0 Å². The molecule has 0 spiro atoms. The lowest BCUT2D eigenvalue weighted by molar-refractivity contribution is 0.880. The second-order valence-electron chi connectivity index (χ2n) is 6.58. The molecule has 4 nitrogen and oxygen atoms in total. The molecule has 0 bridgehead atoms. The van der Waals surface area contributed by atoms with Gasteiger partial charge in [-0.05, 0) is 66.1 Å². The highest BCUT2D eigenvalue weighted by molar-refractivity contribution is 7.03. The second-order valence-corrected chi connectivity index (χ2v) is 7.24. The third-order valence-electron chi connectivity index (χ3n) is 4.71. The number of aromatic nitrogens is 3. The van der Waals surface area contributed by atoms with Crippen LogP contribution in [0.3, 0.4) is 0 Å². The Balaban J connectivity index is 1.64. The summed E-state index contributed by atoms with van der Waals surface area (Å²) in [7, 11) is 0. The van der Waals surface area contributed by atoms with Crippen LogP contribution in [-0.2, 0) is 0 Å². The minimum absolute atomic E-state index is 0.996. The first kappa shape index (κ1) is 17.4. The molecule has 2 aromatic heterocycles. The zero-order valence-corrected chi connectivity index (χ0v) is 16.4. The van der Waals surface area contributed by atoms with Crippen molar-refractivity contribution in [3.63, 3.8) is 0 Å². The van der Waals surface area contributed by atoms with Gasteiger partial charge in [0.25, 0.3) is 0 Å². The van der Waals surface area contributed by atoms with E-state index < -0.39 is 0 Å². The molecule has 0 atom stereocenters. The molecule has 0 fully saturated rings. The first-order valence-corrected chi connectivity index (χ1v) is 10.2. The first-order valence-electron chi connectivity index (χ1n) is 9.34. The predicted molar refractivity (Wildman–Crippen MR) is 119 cm³/mol. The molecule has 2 heterocycles. The first-order chi connectivity index (χ1) is 14.4. The van der Waals surface area contributed by atoms with Gasteiger partial charge in [0, 0.05) is 40.4 Å². The Bertz CT molecular complexity index is 1120. The SMILES string of the molecule is c1ccc(N(c2cccc(-c3ccsn3)c2)c2cccc(-n3cccn3)c2)cc1. The lowest BCUT2D eigenvalue weighted by atomic mass is 10.1. The largest absolute Gasteiger partial charge is 0.310 e. The third kappa shape index (κ3) is 3.56. The summed E-state index contributed by atoms with van der Waals surface area (Å²) in [6.07, 6.45) is 3.74. The number of benzene rings is 3. The van der Waals surface area contributed by atoms with Crippen LogP contribution in [-0.4, -0.2) is 14.2 Å². The highest BCUT2D eigenvalue weighted by Crippen LogP contribution is 2.36. The average molecular weight is 395 g/mol. The molecule has 0 amide bonds. The maximum atomic E-state index is 4.49. The number of nitrogens with zero attached hydrogens (tertiary/aromatic N) is 4. The van der Waals surface area contributed by atoms with Crippen LogP contribution in [0.15, 0.2) is 109 Å². The van der Waals surface area contributed by atoms with Gasteiger partial charge in [0.05, 0.1) is 11.4 Å². The molecule has 3 aromatic carbocycles. The van der Waals surface area contributed by atoms with Crippen molar-refractivity contribution in [1.82, 2.24) is 14.2 Å². The van der Waals surface area contributed by atoms with Gasteiger partial charge in [-0.2, -0.15) is 9.47 Å². The van der Waals surface area contributed by atoms with Crippen molar-refractivity contribution in [2.24, 2.45) is 0 Å². The van der Waals surface area contributed by atoms with Crippen LogP contribution in [0.1, 0.15) is 0 Å². The van der Waals surface area contributed by atoms with Gasteiger partial charge in [-0.1, -0.05) is 36.4 Å². The Morgan fingerprint density at radius 1 is 0.724 bits per heavy atom. The van der Waals surface area contributed by atoms with Crippen LogP contribution < -0.4 is 4.90 Å². The van der Waals surface area contributed by atoms with Crippen molar-refractivity contribution in [1.29, 1.82) is 0 Å². The number of anilines is 3. The fourth-order valence-corrected chi connectivity index (χ4v) is 3.92. The van der Waals surface area contributed by atoms with E-state index in [0.29, 0.717) is 0 Å². The summed E-state index contributed by atoms with van der Waals surface area (Å²) in [5, 5.41) is 6.38. The monoisotopic (exact) mass is 394 g/mol. The Morgan fingerprint density at radius 2 is 1.52 bits per heavy atom. The molecule has 0 N–H and O–H groups in total. The number of hydrogen-bond donors (Lipinski definition) is 0. The lowest BCUT2D eigenvalue weighted by Crippen LogP contribution is -2.10. The van der Waals surface area contributed by atoms with E-state index in [2.05, 4.69) is 93.2 Å². The number of para-hydroxylation sites is 1. The van der Waals surface area contributed by atoms with Gasteiger partial charge in [-0.25, -0.2) is 4.68 Å². The summed E-state index contributed by atoms with van der Waals surface area (Å²) < 4.78 is 6.37. The van der Waals surface area contributed by atoms with Crippen LogP contribution in [0, 0.1) is 0 Å². The molecule has 0 saturated heterocycles. The van der Waals surface area contributed by atoms with Gasteiger partial charge in [0.1, 0.15) is 0 Å². The van der Waals surface area contributed by atoms with Gasteiger partial charge in [-0.3, -0.25) is 0 Å². The van der Waals surface area contributed by atoms with Crippen LogP contribution >= 0.6 is 11.5 Å². The highest BCUT2D eigenvalue weighted by Gasteiger charge is 2.14. The summed E-state index contributed by atoms with van der Waals surface area (Å²) in [5.74, 6) is 0. The predicted octanol–water partition coefficient (Wildman–Crippen LogP) is 6.47. The summed E-state index contributed by atoms with van der Waals surface area (Å²) in [6.45, 7) is 0. The number of rotatable bonds is 5. The van der Waals surface area contributed by atoms with Crippen molar-refractivity contribution < 1.29 is 0 Å². The molecule has 5 rings (SSSR count). The fourth-order valence-electron chi connectivity index (χ4n) is 3.39. The zero-order chi connectivity index (χ0) is 19.5. The van der Waals surface area contributed by atoms with Gasteiger partial charge in [0.15, 0.2) is 0 Å². The van der Waals surface area contributed by atoms with Crippen molar-refractivity contribution in [2.45, 2.75) is 0 Å². The Labute approximate surface area is 173 Å². The van der Waals surface area contributed by atoms with Crippen molar-refractivity contribution in [3.05, 3.63) is 109 Å². The summed E-state index contributed by atoms with van der Waals surface area (Å²) in [6, 6.07) is 31.3. The van der Waals surface area contributed by atoms with Gasteiger partial charge >= 0.3 is 0 Å².